The third-order valence-corrected chi connectivity index (χ3v) is 2.24. The maximum absolute atomic E-state index is 5.47. The largest absolute Gasteiger partial charge is 0.497 e. The average Bonchev–Trinajstić information content (AvgIpc) is 2.47. The maximum Gasteiger partial charge on any atom is 0.126 e. The van der Waals surface area contributed by atoms with Crippen molar-refractivity contribution in [1.29, 1.82) is 0 Å². The zero-order chi connectivity index (χ0) is 8.55. The molecule has 0 aliphatic carbocycles. The molecule has 0 N–H and O–H groups in total. The Morgan fingerprint density at radius 3 is 3.08 bits per heavy atom. The lowest BCUT2D eigenvalue weighted by Gasteiger charge is -2.02. The standard InChI is InChI=1S/C10H12O2/c1-7-6-12-10-5-8(11-2)3-4-9(7)10/h3-5,7H,6H2,1-2H3. The maximum atomic E-state index is 5.47. The minimum Gasteiger partial charge on any atom is -0.497 e. The lowest BCUT2D eigenvalue weighted by atomic mass is 10.0. The van der Waals surface area contributed by atoms with E-state index in [1.54, 1.807) is 7.11 Å². The molecule has 1 aromatic rings. The summed E-state index contributed by atoms with van der Waals surface area (Å²) in [5, 5.41) is 0. The van der Waals surface area contributed by atoms with E-state index < -0.39 is 0 Å². The van der Waals surface area contributed by atoms with Crippen LogP contribution in [0, 0.1) is 0 Å². The Labute approximate surface area is 72.1 Å². The zero-order valence-electron chi connectivity index (χ0n) is 7.33. The van der Waals surface area contributed by atoms with Crippen LogP contribution in [-0.2, 0) is 0 Å². The monoisotopic (exact) mass is 164 g/mol. The highest BCUT2D eigenvalue weighted by molar-refractivity contribution is 5.44. The smallest absolute Gasteiger partial charge is 0.126 e. The van der Waals surface area contributed by atoms with Gasteiger partial charge in [0.05, 0.1) is 13.7 Å². The summed E-state index contributed by atoms with van der Waals surface area (Å²) in [7, 11) is 1.67. The van der Waals surface area contributed by atoms with Gasteiger partial charge in [0.1, 0.15) is 11.5 Å². The summed E-state index contributed by atoms with van der Waals surface area (Å²) in [6, 6.07) is 5.99. The summed E-state index contributed by atoms with van der Waals surface area (Å²) in [4.78, 5) is 0. The van der Waals surface area contributed by atoms with Crippen LogP contribution >= 0.6 is 0 Å². The van der Waals surface area contributed by atoms with Crippen LogP contribution in [0.15, 0.2) is 18.2 Å². The molecule has 12 heavy (non-hydrogen) atoms. The number of fused-ring (bicyclic) bond motifs is 1. The van der Waals surface area contributed by atoms with Gasteiger partial charge in [-0.2, -0.15) is 0 Å². The Kier molecular flexibility index (Phi) is 1.68. The van der Waals surface area contributed by atoms with Gasteiger partial charge < -0.3 is 9.47 Å². The second kappa shape index (κ2) is 2.70. The van der Waals surface area contributed by atoms with E-state index in [2.05, 4.69) is 13.0 Å². The second-order valence-corrected chi connectivity index (χ2v) is 3.12. The highest BCUT2D eigenvalue weighted by Gasteiger charge is 2.19. The van der Waals surface area contributed by atoms with Crippen molar-refractivity contribution in [2.45, 2.75) is 12.8 Å². The summed E-state index contributed by atoms with van der Waals surface area (Å²) >= 11 is 0. The van der Waals surface area contributed by atoms with Gasteiger partial charge in [0.2, 0.25) is 0 Å². The van der Waals surface area contributed by atoms with Crippen LogP contribution in [0.1, 0.15) is 18.4 Å². The first-order valence-electron chi connectivity index (χ1n) is 4.12. The highest BCUT2D eigenvalue weighted by atomic mass is 16.5. The van der Waals surface area contributed by atoms with Crippen LogP contribution in [0.4, 0.5) is 0 Å². The quantitative estimate of drug-likeness (QED) is 0.633. The van der Waals surface area contributed by atoms with Gasteiger partial charge in [-0.3, -0.25) is 0 Å². The third-order valence-electron chi connectivity index (χ3n) is 2.24. The van der Waals surface area contributed by atoms with E-state index in [1.807, 2.05) is 12.1 Å². The van der Waals surface area contributed by atoms with Crippen molar-refractivity contribution in [3.63, 3.8) is 0 Å². The molecule has 64 valence electrons. The minimum atomic E-state index is 0.519. The molecular formula is C10H12O2. The number of methoxy groups -OCH3 is 1. The molecule has 1 unspecified atom stereocenters. The molecule has 2 rings (SSSR count). The Morgan fingerprint density at radius 1 is 1.50 bits per heavy atom. The van der Waals surface area contributed by atoms with Gasteiger partial charge >= 0.3 is 0 Å². The number of rotatable bonds is 1. The van der Waals surface area contributed by atoms with Gasteiger partial charge in [0.15, 0.2) is 0 Å². The number of ether oxygens (including phenoxy) is 2. The zero-order valence-corrected chi connectivity index (χ0v) is 7.33. The average molecular weight is 164 g/mol. The van der Waals surface area contributed by atoms with E-state index in [1.165, 1.54) is 5.56 Å². The fraction of sp³-hybridized carbons (Fsp3) is 0.400. The molecule has 1 aromatic carbocycles. The van der Waals surface area contributed by atoms with Gasteiger partial charge in [0, 0.05) is 17.5 Å². The Bertz CT molecular complexity index is 294. The van der Waals surface area contributed by atoms with E-state index >= 15 is 0 Å². The first kappa shape index (κ1) is 7.47. The number of hydrogen-bond donors (Lipinski definition) is 0. The van der Waals surface area contributed by atoms with Crippen LogP contribution in [-0.4, -0.2) is 13.7 Å². The molecular weight excluding hydrogens is 152 g/mol. The summed E-state index contributed by atoms with van der Waals surface area (Å²) < 4.78 is 10.6. The summed E-state index contributed by atoms with van der Waals surface area (Å²) in [5.41, 5.74) is 1.29. The fourth-order valence-corrected chi connectivity index (χ4v) is 1.48. The van der Waals surface area contributed by atoms with Crippen molar-refractivity contribution in [2.75, 3.05) is 13.7 Å². The normalized spacial score (nSPS) is 20.0. The topological polar surface area (TPSA) is 18.5 Å². The molecule has 0 saturated carbocycles. The van der Waals surface area contributed by atoms with Crippen LogP contribution in [0.5, 0.6) is 11.5 Å². The van der Waals surface area contributed by atoms with Crippen LogP contribution in [0.2, 0.25) is 0 Å². The molecule has 0 spiro atoms. The van der Waals surface area contributed by atoms with Crippen molar-refractivity contribution >= 4 is 0 Å². The van der Waals surface area contributed by atoms with Crippen molar-refractivity contribution in [1.82, 2.24) is 0 Å². The minimum absolute atomic E-state index is 0.519. The van der Waals surface area contributed by atoms with E-state index in [4.69, 9.17) is 9.47 Å². The molecule has 1 aliphatic rings. The number of hydrogen-bond acceptors (Lipinski definition) is 2. The van der Waals surface area contributed by atoms with E-state index in [-0.39, 0.29) is 0 Å². The molecule has 0 bridgehead atoms. The molecule has 1 aliphatic heterocycles. The SMILES string of the molecule is COc1ccc2c(c1)OCC2C. The fourth-order valence-electron chi connectivity index (χ4n) is 1.48. The predicted octanol–water partition coefficient (Wildman–Crippen LogP) is 2.19. The Hall–Kier alpha value is -1.18. The van der Waals surface area contributed by atoms with Gasteiger partial charge in [-0.25, -0.2) is 0 Å². The van der Waals surface area contributed by atoms with Gasteiger partial charge in [0.25, 0.3) is 0 Å². The lowest BCUT2D eigenvalue weighted by molar-refractivity contribution is 0.335. The summed E-state index contributed by atoms with van der Waals surface area (Å²) in [6.45, 7) is 2.96. The van der Waals surface area contributed by atoms with Crippen LogP contribution in [0.25, 0.3) is 0 Å². The van der Waals surface area contributed by atoms with Gasteiger partial charge in [-0.05, 0) is 6.07 Å². The van der Waals surface area contributed by atoms with Crippen LogP contribution < -0.4 is 9.47 Å². The van der Waals surface area contributed by atoms with Gasteiger partial charge in [-0.15, -0.1) is 0 Å². The first-order chi connectivity index (χ1) is 5.81. The van der Waals surface area contributed by atoms with Crippen molar-refractivity contribution in [3.8, 4) is 11.5 Å². The van der Waals surface area contributed by atoms with Gasteiger partial charge in [-0.1, -0.05) is 13.0 Å². The molecule has 1 atom stereocenters. The Morgan fingerprint density at radius 2 is 2.33 bits per heavy atom. The molecule has 2 nitrogen and oxygen atoms in total. The number of benzene rings is 1. The predicted molar refractivity (Wildman–Crippen MR) is 46.9 cm³/mol. The molecule has 0 aromatic heterocycles. The third kappa shape index (κ3) is 1.04. The van der Waals surface area contributed by atoms with Crippen molar-refractivity contribution < 1.29 is 9.47 Å². The van der Waals surface area contributed by atoms with E-state index in [0.717, 1.165) is 18.1 Å². The van der Waals surface area contributed by atoms with E-state index in [0.29, 0.717) is 5.92 Å². The summed E-state index contributed by atoms with van der Waals surface area (Å²) in [6.07, 6.45) is 0. The highest BCUT2D eigenvalue weighted by Crippen LogP contribution is 2.35. The van der Waals surface area contributed by atoms with Crippen molar-refractivity contribution in [3.05, 3.63) is 23.8 Å². The molecule has 2 heteroatoms. The molecule has 1 heterocycles. The van der Waals surface area contributed by atoms with Crippen molar-refractivity contribution in [2.24, 2.45) is 0 Å². The first-order valence-corrected chi connectivity index (χ1v) is 4.12. The summed E-state index contributed by atoms with van der Waals surface area (Å²) in [5.74, 6) is 2.36. The molecule has 0 saturated heterocycles. The van der Waals surface area contributed by atoms with Crippen LogP contribution in [0.3, 0.4) is 0 Å². The molecule has 0 amide bonds. The molecule has 0 fully saturated rings. The molecule has 0 radical (unpaired) electrons. The lowest BCUT2D eigenvalue weighted by Crippen LogP contribution is -1.93. The second-order valence-electron chi connectivity index (χ2n) is 3.12. The Balaban J connectivity index is 2.41. The van der Waals surface area contributed by atoms with E-state index in [9.17, 15) is 0 Å².